The molecule has 3 aromatic rings. The number of nitrogens with one attached hydrogen (secondary N) is 1. The molecule has 1 N–H and O–H groups in total. The molecule has 0 atom stereocenters. The molecule has 1 aromatic heterocycles. The van der Waals surface area contributed by atoms with Gasteiger partial charge in [0.1, 0.15) is 5.82 Å². The average Bonchev–Trinajstić information content (AvgIpc) is 3.15. The van der Waals surface area contributed by atoms with Crippen molar-refractivity contribution in [3.8, 4) is 17.2 Å². The van der Waals surface area contributed by atoms with E-state index in [4.69, 9.17) is 14.2 Å². The van der Waals surface area contributed by atoms with Crippen molar-refractivity contribution < 1.29 is 23.4 Å². The summed E-state index contributed by atoms with van der Waals surface area (Å²) < 4.78 is 31.2. The number of aromatic nitrogens is 2. The molecule has 1 heterocycles. The molecule has 0 fully saturated rings. The fraction of sp³-hybridized carbons (Fsp3) is 0.200. The lowest BCUT2D eigenvalue weighted by atomic mass is 10.1. The van der Waals surface area contributed by atoms with Crippen molar-refractivity contribution in [2.45, 2.75) is 6.54 Å². The first-order valence-electron chi connectivity index (χ1n) is 8.44. The van der Waals surface area contributed by atoms with Crippen LogP contribution in [0.2, 0.25) is 0 Å². The van der Waals surface area contributed by atoms with Crippen LogP contribution in [-0.4, -0.2) is 37.0 Å². The van der Waals surface area contributed by atoms with Gasteiger partial charge in [-0.05, 0) is 18.2 Å². The molecule has 0 unspecified atom stereocenters. The number of carbonyl (C=O) groups is 1. The number of ether oxygens (including phenoxy) is 3. The van der Waals surface area contributed by atoms with Crippen LogP contribution in [0.3, 0.4) is 0 Å². The highest BCUT2D eigenvalue weighted by Crippen LogP contribution is 2.39. The summed E-state index contributed by atoms with van der Waals surface area (Å²) in [6.45, 7) is 0.252. The summed E-state index contributed by atoms with van der Waals surface area (Å²) in [6.07, 6.45) is 1.66. The monoisotopic (exact) mass is 385 g/mol. The fourth-order valence-electron chi connectivity index (χ4n) is 2.78. The molecule has 0 saturated heterocycles. The van der Waals surface area contributed by atoms with Crippen LogP contribution in [0.25, 0.3) is 0 Å². The van der Waals surface area contributed by atoms with Gasteiger partial charge in [-0.15, -0.1) is 0 Å². The van der Waals surface area contributed by atoms with Crippen LogP contribution < -0.4 is 19.5 Å². The number of amides is 1. The third-order valence-electron chi connectivity index (χ3n) is 4.12. The Morgan fingerprint density at radius 2 is 1.79 bits per heavy atom. The predicted octanol–water partition coefficient (Wildman–Crippen LogP) is 3.35. The molecule has 3 rings (SSSR count). The van der Waals surface area contributed by atoms with Gasteiger partial charge in [0.25, 0.3) is 5.91 Å². The fourth-order valence-corrected chi connectivity index (χ4v) is 2.78. The van der Waals surface area contributed by atoms with E-state index >= 15 is 0 Å². The topological polar surface area (TPSA) is 74.6 Å². The van der Waals surface area contributed by atoms with Crippen LogP contribution in [0, 0.1) is 5.82 Å². The summed E-state index contributed by atoms with van der Waals surface area (Å²) >= 11 is 0. The maximum Gasteiger partial charge on any atom is 0.260 e. The minimum atomic E-state index is -0.422. The van der Waals surface area contributed by atoms with Crippen molar-refractivity contribution >= 4 is 11.7 Å². The van der Waals surface area contributed by atoms with Gasteiger partial charge in [-0.2, -0.15) is 5.10 Å². The van der Waals surface area contributed by atoms with Gasteiger partial charge in [-0.3, -0.25) is 9.48 Å². The molecular formula is C20H20FN3O4. The van der Waals surface area contributed by atoms with E-state index in [1.807, 2.05) is 0 Å². The molecule has 0 aliphatic rings. The van der Waals surface area contributed by atoms with Gasteiger partial charge in [-0.25, -0.2) is 4.39 Å². The Hall–Kier alpha value is -3.55. The summed E-state index contributed by atoms with van der Waals surface area (Å²) in [7, 11) is 4.41. The van der Waals surface area contributed by atoms with E-state index in [1.54, 1.807) is 47.3 Å². The highest BCUT2D eigenvalue weighted by molar-refractivity contribution is 6.06. The van der Waals surface area contributed by atoms with Crippen molar-refractivity contribution in [2.75, 3.05) is 26.6 Å². The highest BCUT2D eigenvalue weighted by atomic mass is 19.1. The average molecular weight is 385 g/mol. The normalized spacial score (nSPS) is 10.4. The molecule has 1 amide bonds. The van der Waals surface area contributed by atoms with Crippen molar-refractivity contribution in [3.05, 3.63) is 65.6 Å². The number of methoxy groups -OCH3 is 3. The summed E-state index contributed by atoms with van der Waals surface area (Å²) in [5, 5.41) is 6.97. The van der Waals surface area contributed by atoms with E-state index in [-0.39, 0.29) is 23.7 Å². The van der Waals surface area contributed by atoms with Crippen LogP contribution in [0.1, 0.15) is 15.9 Å². The predicted molar refractivity (Wildman–Crippen MR) is 102 cm³/mol. The lowest BCUT2D eigenvalue weighted by Gasteiger charge is -2.15. The number of halogens is 1. The SMILES string of the molecule is COc1ccc(C(=O)Nc2ccn(Cc3ccccc3F)n2)c(OC)c1OC. The molecule has 8 heteroatoms. The lowest BCUT2D eigenvalue weighted by Crippen LogP contribution is -2.15. The zero-order valence-electron chi connectivity index (χ0n) is 15.7. The number of benzene rings is 2. The van der Waals surface area contributed by atoms with Gasteiger partial charge < -0.3 is 19.5 Å². The largest absolute Gasteiger partial charge is 0.493 e. The van der Waals surface area contributed by atoms with Crippen LogP contribution in [0.15, 0.2) is 48.7 Å². The molecule has 0 spiro atoms. The number of anilines is 1. The summed E-state index contributed by atoms with van der Waals surface area (Å²) in [5.74, 6) is 0.628. The van der Waals surface area contributed by atoms with Crippen molar-refractivity contribution in [3.63, 3.8) is 0 Å². The Morgan fingerprint density at radius 1 is 1.04 bits per heavy atom. The summed E-state index contributed by atoms with van der Waals surface area (Å²) in [4.78, 5) is 12.7. The van der Waals surface area contributed by atoms with Crippen LogP contribution in [0.4, 0.5) is 10.2 Å². The molecule has 0 saturated carbocycles. The Kier molecular flexibility index (Phi) is 5.78. The Bertz CT molecular complexity index is 987. The lowest BCUT2D eigenvalue weighted by molar-refractivity contribution is 0.102. The smallest absolute Gasteiger partial charge is 0.260 e. The van der Waals surface area contributed by atoms with E-state index in [2.05, 4.69) is 10.4 Å². The molecule has 146 valence electrons. The molecule has 0 aliphatic heterocycles. The summed E-state index contributed by atoms with van der Waals surface area (Å²) in [5.41, 5.74) is 0.772. The second-order valence-electron chi connectivity index (χ2n) is 5.83. The number of rotatable bonds is 7. The minimum Gasteiger partial charge on any atom is -0.493 e. The van der Waals surface area contributed by atoms with Crippen molar-refractivity contribution in [2.24, 2.45) is 0 Å². The third-order valence-corrected chi connectivity index (χ3v) is 4.12. The number of hydrogen-bond donors (Lipinski definition) is 1. The van der Waals surface area contributed by atoms with Crippen LogP contribution in [-0.2, 0) is 6.54 Å². The van der Waals surface area contributed by atoms with Gasteiger partial charge in [0.2, 0.25) is 5.75 Å². The van der Waals surface area contributed by atoms with Crippen LogP contribution >= 0.6 is 0 Å². The Morgan fingerprint density at radius 3 is 2.46 bits per heavy atom. The van der Waals surface area contributed by atoms with Gasteiger partial charge in [0.15, 0.2) is 17.3 Å². The molecule has 0 aliphatic carbocycles. The molecule has 7 nitrogen and oxygen atoms in total. The quantitative estimate of drug-likeness (QED) is 0.675. The van der Waals surface area contributed by atoms with Crippen molar-refractivity contribution in [1.82, 2.24) is 9.78 Å². The van der Waals surface area contributed by atoms with E-state index in [9.17, 15) is 9.18 Å². The minimum absolute atomic E-state index is 0.252. The van der Waals surface area contributed by atoms with Gasteiger partial charge in [-0.1, -0.05) is 18.2 Å². The maximum atomic E-state index is 13.8. The number of nitrogens with zero attached hydrogens (tertiary/aromatic N) is 2. The first-order chi connectivity index (χ1) is 13.6. The zero-order valence-corrected chi connectivity index (χ0v) is 15.7. The van der Waals surface area contributed by atoms with E-state index in [0.717, 1.165) is 0 Å². The number of carbonyl (C=O) groups excluding carboxylic acids is 1. The van der Waals surface area contributed by atoms with Crippen LogP contribution in [0.5, 0.6) is 17.2 Å². The highest BCUT2D eigenvalue weighted by Gasteiger charge is 2.21. The molecule has 28 heavy (non-hydrogen) atoms. The molecular weight excluding hydrogens is 365 g/mol. The van der Waals surface area contributed by atoms with Gasteiger partial charge in [0, 0.05) is 17.8 Å². The standard InChI is InChI=1S/C20H20FN3O4/c1-26-16-9-8-14(18(27-2)19(16)28-3)20(25)22-17-10-11-24(23-17)12-13-6-4-5-7-15(13)21/h4-11H,12H2,1-3H3,(H,22,23,25). The first-order valence-corrected chi connectivity index (χ1v) is 8.44. The second-order valence-corrected chi connectivity index (χ2v) is 5.83. The third kappa shape index (κ3) is 3.90. The Labute approximate surface area is 161 Å². The zero-order chi connectivity index (χ0) is 20.1. The summed E-state index contributed by atoms with van der Waals surface area (Å²) in [6, 6.07) is 11.3. The van der Waals surface area contributed by atoms with E-state index in [1.165, 1.54) is 27.4 Å². The second kappa shape index (κ2) is 8.43. The van der Waals surface area contributed by atoms with Gasteiger partial charge in [0.05, 0.1) is 33.4 Å². The number of hydrogen-bond acceptors (Lipinski definition) is 5. The molecule has 2 aromatic carbocycles. The molecule has 0 bridgehead atoms. The molecule has 0 radical (unpaired) electrons. The van der Waals surface area contributed by atoms with E-state index < -0.39 is 5.91 Å². The van der Waals surface area contributed by atoms with Gasteiger partial charge >= 0.3 is 0 Å². The van der Waals surface area contributed by atoms with Crippen molar-refractivity contribution in [1.29, 1.82) is 0 Å². The van der Waals surface area contributed by atoms with E-state index in [0.29, 0.717) is 22.9 Å². The first kappa shape index (κ1) is 19.2. The Balaban J connectivity index is 1.79. The maximum absolute atomic E-state index is 13.8.